The summed E-state index contributed by atoms with van der Waals surface area (Å²) in [5.41, 5.74) is 5.34. The van der Waals surface area contributed by atoms with Crippen molar-refractivity contribution >= 4 is 24.2 Å². The molecule has 0 aliphatic carbocycles. The maximum atomic E-state index is 11.3. The molecule has 5 nitrogen and oxygen atoms in total. The average molecular weight is 280 g/mol. The highest BCUT2D eigenvalue weighted by Crippen LogP contribution is 1.97. The highest BCUT2D eigenvalue weighted by atomic mass is 35.5. The Morgan fingerprint density at radius 1 is 1.06 bits per heavy atom. The Hall–Kier alpha value is -0.810. The Morgan fingerprint density at radius 2 is 1.67 bits per heavy atom. The summed E-state index contributed by atoms with van der Waals surface area (Å²) in [6.07, 6.45) is 2.68. The van der Waals surface area contributed by atoms with Gasteiger partial charge < -0.3 is 16.4 Å². The molecule has 6 heteroatoms. The van der Waals surface area contributed by atoms with Crippen molar-refractivity contribution in [2.24, 2.45) is 11.7 Å². The van der Waals surface area contributed by atoms with Gasteiger partial charge in [-0.1, -0.05) is 13.8 Å². The first kappa shape index (κ1) is 19.5. The fourth-order valence-electron chi connectivity index (χ4n) is 1.34. The Labute approximate surface area is 116 Å². The Morgan fingerprint density at radius 3 is 2.22 bits per heavy atom. The standard InChI is InChI=1S/C12H25N3O2.ClH/c1-10(2)9-12(17)15-8-5-11(16)14-7-4-3-6-13;/h10H,3-9,13H2,1-2H3,(H,14,16)(H,15,17);1H. The van der Waals surface area contributed by atoms with Gasteiger partial charge in [-0.05, 0) is 25.3 Å². The molecule has 2 amide bonds. The van der Waals surface area contributed by atoms with Crippen molar-refractivity contribution < 1.29 is 9.59 Å². The van der Waals surface area contributed by atoms with E-state index in [0.29, 0.717) is 38.4 Å². The van der Waals surface area contributed by atoms with Crippen LogP contribution in [0.5, 0.6) is 0 Å². The number of halogens is 1. The second-order valence-electron chi connectivity index (χ2n) is 4.54. The molecule has 108 valence electrons. The largest absolute Gasteiger partial charge is 0.356 e. The van der Waals surface area contributed by atoms with Gasteiger partial charge in [0.15, 0.2) is 0 Å². The van der Waals surface area contributed by atoms with E-state index in [4.69, 9.17) is 5.73 Å². The molecule has 0 radical (unpaired) electrons. The Balaban J connectivity index is 0. The van der Waals surface area contributed by atoms with Gasteiger partial charge in [0, 0.05) is 25.9 Å². The van der Waals surface area contributed by atoms with E-state index in [1.165, 1.54) is 0 Å². The first-order chi connectivity index (χ1) is 8.06. The molecule has 0 bridgehead atoms. The van der Waals surface area contributed by atoms with Crippen LogP contribution in [-0.2, 0) is 9.59 Å². The number of carbonyl (C=O) groups excluding carboxylic acids is 2. The van der Waals surface area contributed by atoms with E-state index in [0.717, 1.165) is 12.8 Å². The average Bonchev–Trinajstić information content (AvgIpc) is 2.23. The predicted octanol–water partition coefficient (Wildman–Crippen LogP) is 0.816. The van der Waals surface area contributed by atoms with E-state index >= 15 is 0 Å². The monoisotopic (exact) mass is 279 g/mol. The van der Waals surface area contributed by atoms with Crippen molar-refractivity contribution in [2.75, 3.05) is 19.6 Å². The van der Waals surface area contributed by atoms with Crippen LogP contribution in [0.2, 0.25) is 0 Å². The summed E-state index contributed by atoms with van der Waals surface area (Å²) in [6, 6.07) is 0. The van der Waals surface area contributed by atoms with E-state index in [-0.39, 0.29) is 24.2 Å². The van der Waals surface area contributed by atoms with Gasteiger partial charge in [0.05, 0.1) is 0 Å². The minimum absolute atomic E-state index is 0. The third kappa shape index (κ3) is 13.3. The molecule has 0 aromatic rings. The first-order valence-corrected chi connectivity index (χ1v) is 6.29. The highest BCUT2D eigenvalue weighted by molar-refractivity contribution is 5.85. The molecule has 4 N–H and O–H groups in total. The van der Waals surface area contributed by atoms with Gasteiger partial charge in [-0.25, -0.2) is 0 Å². The zero-order chi connectivity index (χ0) is 13.1. The molecule has 0 saturated heterocycles. The molecule has 0 spiro atoms. The molecule has 0 unspecified atom stereocenters. The van der Waals surface area contributed by atoms with Crippen molar-refractivity contribution in [3.8, 4) is 0 Å². The van der Waals surface area contributed by atoms with Crippen molar-refractivity contribution in [3.63, 3.8) is 0 Å². The topological polar surface area (TPSA) is 84.2 Å². The highest BCUT2D eigenvalue weighted by Gasteiger charge is 2.05. The SMILES string of the molecule is CC(C)CC(=O)NCCC(=O)NCCCCN.Cl. The van der Waals surface area contributed by atoms with Gasteiger partial charge in [0.2, 0.25) is 11.8 Å². The Bertz CT molecular complexity index is 235. The van der Waals surface area contributed by atoms with Gasteiger partial charge in [0.1, 0.15) is 0 Å². The van der Waals surface area contributed by atoms with Gasteiger partial charge in [-0.3, -0.25) is 9.59 Å². The lowest BCUT2D eigenvalue weighted by atomic mass is 10.1. The molecule has 0 atom stereocenters. The Kier molecular flexibility index (Phi) is 13.7. The van der Waals surface area contributed by atoms with Gasteiger partial charge in [0.25, 0.3) is 0 Å². The second-order valence-corrected chi connectivity index (χ2v) is 4.54. The first-order valence-electron chi connectivity index (χ1n) is 6.29. The number of carbonyl (C=O) groups is 2. The lowest BCUT2D eigenvalue weighted by molar-refractivity contribution is -0.122. The summed E-state index contributed by atoms with van der Waals surface area (Å²) in [7, 11) is 0. The van der Waals surface area contributed by atoms with Crippen LogP contribution in [0.1, 0.15) is 39.5 Å². The summed E-state index contributed by atoms with van der Waals surface area (Å²) in [6.45, 7) is 5.71. The summed E-state index contributed by atoms with van der Waals surface area (Å²) >= 11 is 0. The molecular formula is C12H26ClN3O2. The number of nitrogens with two attached hydrogens (primary N) is 1. The van der Waals surface area contributed by atoms with Crippen molar-refractivity contribution in [2.45, 2.75) is 39.5 Å². The van der Waals surface area contributed by atoms with Crippen LogP contribution in [0, 0.1) is 5.92 Å². The second kappa shape index (κ2) is 12.6. The summed E-state index contributed by atoms with van der Waals surface area (Å²) in [4.78, 5) is 22.6. The van der Waals surface area contributed by atoms with Crippen LogP contribution in [0.15, 0.2) is 0 Å². The molecule has 18 heavy (non-hydrogen) atoms. The van der Waals surface area contributed by atoms with Gasteiger partial charge in [-0.2, -0.15) is 0 Å². The third-order valence-corrected chi connectivity index (χ3v) is 2.22. The van der Waals surface area contributed by atoms with Crippen LogP contribution in [0.4, 0.5) is 0 Å². The van der Waals surface area contributed by atoms with Crippen molar-refractivity contribution in [3.05, 3.63) is 0 Å². The number of rotatable bonds is 9. The quantitative estimate of drug-likeness (QED) is 0.546. The minimum Gasteiger partial charge on any atom is -0.356 e. The summed E-state index contributed by atoms with van der Waals surface area (Å²) in [5, 5.41) is 5.51. The number of amides is 2. The fourth-order valence-corrected chi connectivity index (χ4v) is 1.34. The molecular weight excluding hydrogens is 254 g/mol. The molecule has 0 rings (SSSR count). The number of hydrogen-bond donors (Lipinski definition) is 3. The van der Waals surface area contributed by atoms with E-state index in [1.54, 1.807) is 0 Å². The maximum absolute atomic E-state index is 11.3. The molecule has 0 aromatic carbocycles. The normalized spacial score (nSPS) is 9.78. The minimum atomic E-state index is -0.0214. The smallest absolute Gasteiger partial charge is 0.221 e. The molecule has 0 aliphatic rings. The maximum Gasteiger partial charge on any atom is 0.221 e. The van der Waals surface area contributed by atoms with Crippen LogP contribution < -0.4 is 16.4 Å². The molecule has 0 fully saturated rings. The zero-order valence-corrected chi connectivity index (χ0v) is 12.1. The third-order valence-electron chi connectivity index (χ3n) is 2.22. The van der Waals surface area contributed by atoms with E-state index in [1.807, 2.05) is 13.8 Å². The molecule has 0 saturated carbocycles. The van der Waals surface area contributed by atoms with E-state index in [9.17, 15) is 9.59 Å². The molecule has 0 heterocycles. The van der Waals surface area contributed by atoms with E-state index in [2.05, 4.69) is 10.6 Å². The van der Waals surface area contributed by atoms with E-state index < -0.39 is 0 Å². The summed E-state index contributed by atoms with van der Waals surface area (Å²) in [5.74, 6) is 0.336. The van der Waals surface area contributed by atoms with Gasteiger partial charge >= 0.3 is 0 Å². The number of nitrogens with one attached hydrogen (secondary N) is 2. The predicted molar refractivity (Wildman–Crippen MR) is 75.6 cm³/mol. The fraction of sp³-hybridized carbons (Fsp3) is 0.833. The molecule has 0 aliphatic heterocycles. The lowest BCUT2D eigenvalue weighted by Crippen LogP contribution is -2.31. The number of hydrogen-bond acceptors (Lipinski definition) is 3. The van der Waals surface area contributed by atoms with Crippen molar-refractivity contribution in [1.82, 2.24) is 10.6 Å². The molecule has 0 aromatic heterocycles. The van der Waals surface area contributed by atoms with Gasteiger partial charge in [-0.15, -0.1) is 12.4 Å². The van der Waals surface area contributed by atoms with Crippen LogP contribution in [-0.4, -0.2) is 31.4 Å². The summed E-state index contributed by atoms with van der Waals surface area (Å²) < 4.78 is 0. The van der Waals surface area contributed by atoms with Crippen molar-refractivity contribution in [1.29, 1.82) is 0 Å². The van der Waals surface area contributed by atoms with Crippen LogP contribution >= 0.6 is 12.4 Å². The lowest BCUT2D eigenvalue weighted by Gasteiger charge is -2.07. The van der Waals surface area contributed by atoms with Crippen LogP contribution in [0.25, 0.3) is 0 Å². The zero-order valence-electron chi connectivity index (χ0n) is 11.3. The van der Waals surface area contributed by atoms with Crippen LogP contribution in [0.3, 0.4) is 0 Å². The number of unbranched alkanes of at least 4 members (excludes halogenated alkanes) is 1.